The summed E-state index contributed by atoms with van der Waals surface area (Å²) in [4.78, 5) is 4.26. The second kappa shape index (κ2) is 5.48. The number of benzene rings is 1. The van der Waals surface area contributed by atoms with Gasteiger partial charge in [0.2, 0.25) is 11.7 Å². The maximum atomic E-state index is 13.6. The highest BCUT2D eigenvalue weighted by atomic mass is 19.1. The summed E-state index contributed by atoms with van der Waals surface area (Å²) in [6.45, 7) is 2.16. The molecule has 1 aliphatic heterocycles. The lowest BCUT2D eigenvalue weighted by molar-refractivity contribution is 0.365. The average molecular weight is 261 g/mol. The molecule has 1 fully saturated rings. The highest BCUT2D eigenvalue weighted by Gasteiger charge is 2.17. The molecule has 1 atom stereocenters. The number of hydrogen-bond donors (Lipinski definition) is 1. The minimum absolute atomic E-state index is 0.324. The molecule has 4 nitrogen and oxygen atoms in total. The Morgan fingerprint density at radius 3 is 3.05 bits per heavy atom. The Kier molecular flexibility index (Phi) is 3.55. The van der Waals surface area contributed by atoms with E-state index in [1.807, 2.05) is 0 Å². The van der Waals surface area contributed by atoms with E-state index in [4.69, 9.17) is 4.52 Å². The van der Waals surface area contributed by atoms with Crippen molar-refractivity contribution in [3.8, 4) is 11.4 Å². The van der Waals surface area contributed by atoms with Crippen LogP contribution in [-0.2, 0) is 6.42 Å². The molecular weight excluding hydrogens is 245 g/mol. The van der Waals surface area contributed by atoms with E-state index in [0.717, 1.165) is 25.9 Å². The smallest absolute Gasteiger partial charge is 0.226 e. The summed E-state index contributed by atoms with van der Waals surface area (Å²) < 4.78 is 18.8. The van der Waals surface area contributed by atoms with Crippen LogP contribution < -0.4 is 5.32 Å². The molecule has 0 amide bonds. The first kappa shape index (κ1) is 12.3. The Morgan fingerprint density at radius 1 is 1.37 bits per heavy atom. The number of aryl methyl sites for hydroxylation is 1. The maximum absolute atomic E-state index is 13.6. The molecule has 2 aromatic rings. The standard InChI is InChI=1S/C14H16FN3O/c15-12-4-2-1-3-11(12)14-17-13(19-18-14)6-5-10-7-8-16-9-10/h1-4,10,16H,5-9H2. The lowest BCUT2D eigenvalue weighted by atomic mass is 10.0. The van der Waals surface area contributed by atoms with Crippen LogP contribution in [0.5, 0.6) is 0 Å². The van der Waals surface area contributed by atoms with E-state index >= 15 is 0 Å². The minimum atomic E-state index is -0.324. The Morgan fingerprint density at radius 2 is 2.26 bits per heavy atom. The molecule has 0 saturated carbocycles. The van der Waals surface area contributed by atoms with Gasteiger partial charge >= 0.3 is 0 Å². The number of nitrogens with one attached hydrogen (secondary N) is 1. The monoisotopic (exact) mass is 261 g/mol. The van der Waals surface area contributed by atoms with E-state index in [9.17, 15) is 4.39 Å². The molecule has 1 saturated heterocycles. The zero-order valence-electron chi connectivity index (χ0n) is 10.6. The SMILES string of the molecule is Fc1ccccc1-c1noc(CCC2CCNC2)n1. The third-order valence-electron chi connectivity index (χ3n) is 3.51. The van der Waals surface area contributed by atoms with Crippen molar-refractivity contribution in [2.45, 2.75) is 19.3 Å². The molecular formula is C14H16FN3O. The topological polar surface area (TPSA) is 51.0 Å². The molecule has 19 heavy (non-hydrogen) atoms. The number of aromatic nitrogens is 2. The Labute approximate surface area is 111 Å². The second-order valence-electron chi connectivity index (χ2n) is 4.89. The van der Waals surface area contributed by atoms with E-state index in [-0.39, 0.29) is 5.82 Å². The van der Waals surface area contributed by atoms with E-state index in [1.165, 1.54) is 12.5 Å². The van der Waals surface area contributed by atoms with Crippen LogP contribution in [-0.4, -0.2) is 23.2 Å². The van der Waals surface area contributed by atoms with Crippen molar-refractivity contribution in [2.75, 3.05) is 13.1 Å². The predicted molar refractivity (Wildman–Crippen MR) is 69.0 cm³/mol. The Hall–Kier alpha value is -1.75. The van der Waals surface area contributed by atoms with Gasteiger partial charge in [0.15, 0.2) is 0 Å². The summed E-state index contributed by atoms with van der Waals surface area (Å²) in [5, 5.41) is 7.18. The van der Waals surface area contributed by atoms with E-state index in [0.29, 0.717) is 23.2 Å². The maximum Gasteiger partial charge on any atom is 0.226 e. The van der Waals surface area contributed by atoms with E-state index in [2.05, 4.69) is 15.5 Å². The zero-order valence-corrected chi connectivity index (χ0v) is 10.6. The molecule has 1 aromatic heterocycles. The Bertz CT molecular complexity index is 549. The van der Waals surface area contributed by atoms with E-state index in [1.54, 1.807) is 18.2 Å². The largest absolute Gasteiger partial charge is 0.339 e. The van der Waals surface area contributed by atoms with Crippen molar-refractivity contribution in [2.24, 2.45) is 5.92 Å². The fraction of sp³-hybridized carbons (Fsp3) is 0.429. The van der Waals surface area contributed by atoms with Crippen LogP contribution in [0, 0.1) is 11.7 Å². The summed E-state index contributed by atoms with van der Waals surface area (Å²) >= 11 is 0. The third-order valence-corrected chi connectivity index (χ3v) is 3.51. The van der Waals surface area contributed by atoms with Crippen molar-refractivity contribution in [1.82, 2.24) is 15.5 Å². The van der Waals surface area contributed by atoms with Crippen LogP contribution >= 0.6 is 0 Å². The molecule has 0 aliphatic carbocycles. The summed E-state index contributed by atoms with van der Waals surface area (Å²) in [5.74, 6) is 1.28. The van der Waals surface area contributed by atoms with Gasteiger partial charge in [-0.2, -0.15) is 4.98 Å². The van der Waals surface area contributed by atoms with Gasteiger partial charge < -0.3 is 9.84 Å². The van der Waals surface area contributed by atoms with Gasteiger partial charge in [0, 0.05) is 6.42 Å². The number of rotatable bonds is 4. The molecule has 1 N–H and O–H groups in total. The number of hydrogen-bond acceptors (Lipinski definition) is 4. The minimum Gasteiger partial charge on any atom is -0.339 e. The first-order valence-electron chi connectivity index (χ1n) is 6.61. The number of halogens is 1. The van der Waals surface area contributed by atoms with Crippen LogP contribution in [0.2, 0.25) is 0 Å². The van der Waals surface area contributed by atoms with Crippen molar-refractivity contribution < 1.29 is 8.91 Å². The van der Waals surface area contributed by atoms with Gasteiger partial charge in [0.05, 0.1) is 5.56 Å². The molecule has 100 valence electrons. The molecule has 0 bridgehead atoms. The molecule has 0 spiro atoms. The van der Waals surface area contributed by atoms with Gasteiger partial charge in [-0.15, -0.1) is 0 Å². The highest BCUT2D eigenvalue weighted by Crippen LogP contribution is 2.21. The fourth-order valence-electron chi connectivity index (χ4n) is 2.40. The zero-order chi connectivity index (χ0) is 13.1. The quantitative estimate of drug-likeness (QED) is 0.918. The van der Waals surface area contributed by atoms with Crippen molar-refractivity contribution in [3.05, 3.63) is 36.0 Å². The van der Waals surface area contributed by atoms with Crippen molar-refractivity contribution in [1.29, 1.82) is 0 Å². The lowest BCUT2D eigenvalue weighted by Gasteiger charge is -2.03. The van der Waals surface area contributed by atoms with Crippen LogP contribution in [0.1, 0.15) is 18.7 Å². The predicted octanol–water partition coefficient (Wildman–Crippen LogP) is 2.42. The summed E-state index contributed by atoms with van der Waals surface area (Å²) in [5.41, 5.74) is 0.389. The van der Waals surface area contributed by atoms with Crippen LogP contribution in [0.25, 0.3) is 11.4 Å². The van der Waals surface area contributed by atoms with Crippen molar-refractivity contribution >= 4 is 0 Å². The first-order valence-corrected chi connectivity index (χ1v) is 6.61. The van der Waals surface area contributed by atoms with Crippen molar-refractivity contribution in [3.63, 3.8) is 0 Å². The van der Waals surface area contributed by atoms with Gasteiger partial charge in [-0.1, -0.05) is 17.3 Å². The van der Waals surface area contributed by atoms with Crippen LogP contribution in [0.3, 0.4) is 0 Å². The highest BCUT2D eigenvalue weighted by molar-refractivity contribution is 5.54. The lowest BCUT2D eigenvalue weighted by Crippen LogP contribution is -2.09. The molecule has 2 heterocycles. The van der Waals surface area contributed by atoms with Gasteiger partial charge in [0.1, 0.15) is 5.82 Å². The number of nitrogens with zero attached hydrogens (tertiary/aromatic N) is 2. The molecule has 1 unspecified atom stereocenters. The molecule has 1 aliphatic rings. The summed E-state index contributed by atoms with van der Waals surface area (Å²) in [6, 6.07) is 6.46. The van der Waals surface area contributed by atoms with Gasteiger partial charge in [-0.3, -0.25) is 0 Å². The molecule has 1 aromatic carbocycles. The average Bonchev–Trinajstić information content (AvgIpc) is 3.08. The van der Waals surface area contributed by atoms with Crippen LogP contribution in [0.15, 0.2) is 28.8 Å². The second-order valence-corrected chi connectivity index (χ2v) is 4.89. The summed E-state index contributed by atoms with van der Waals surface area (Å²) in [7, 11) is 0. The molecule has 5 heteroatoms. The third kappa shape index (κ3) is 2.81. The molecule has 3 rings (SSSR count). The van der Waals surface area contributed by atoms with Gasteiger partial charge in [-0.05, 0) is 44.0 Å². The van der Waals surface area contributed by atoms with Crippen LogP contribution in [0.4, 0.5) is 4.39 Å². The van der Waals surface area contributed by atoms with E-state index < -0.39 is 0 Å². The van der Waals surface area contributed by atoms with Gasteiger partial charge in [-0.25, -0.2) is 4.39 Å². The first-order chi connectivity index (χ1) is 9.33. The molecule has 0 radical (unpaired) electrons. The normalized spacial score (nSPS) is 18.9. The summed E-state index contributed by atoms with van der Waals surface area (Å²) in [6.07, 6.45) is 2.99. The van der Waals surface area contributed by atoms with Gasteiger partial charge in [0.25, 0.3) is 0 Å². The Balaban J connectivity index is 1.67. The fourth-order valence-corrected chi connectivity index (χ4v) is 2.40.